The highest BCUT2D eigenvalue weighted by Crippen LogP contribution is 2.31. The fourth-order valence-corrected chi connectivity index (χ4v) is 2.66. The molecule has 0 N–H and O–H groups in total. The molecule has 0 saturated carbocycles. The van der Waals surface area contributed by atoms with E-state index in [0.29, 0.717) is 5.75 Å². The van der Waals surface area contributed by atoms with Crippen LogP contribution in [0.5, 0.6) is 11.6 Å². The van der Waals surface area contributed by atoms with Gasteiger partial charge < -0.3 is 4.74 Å². The van der Waals surface area contributed by atoms with Crippen LogP contribution in [0.2, 0.25) is 0 Å². The molecule has 0 aliphatic rings. The van der Waals surface area contributed by atoms with Crippen LogP contribution in [0.1, 0.15) is 5.56 Å². The van der Waals surface area contributed by atoms with Crippen molar-refractivity contribution in [2.45, 2.75) is 11.8 Å². The summed E-state index contributed by atoms with van der Waals surface area (Å²) in [6.07, 6.45) is 1.44. The maximum atomic E-state index is 11.4. The fraction of sp³-hybridized carbons (Fsp3) is 0.0833. The van der Waals surface area contributed by atoms with Crippen molar-refractivity contribution in [1.29, 1.82) is 0 Å². The van der Waals surface area contributed by atoms with Crippen molar-refractivity contribution in [3.05, 3.63) is 46.6 Å². The van der Waals surface area contributed by atoms with Gasteiger partial charge in [0.25, 0.3) is 9.05 Å². The molecule has 2 rings (SSSR count). The lowest BCUT2D eigenvalue weighted by atomic mass is 10.2. The van der Waals surface area contributed by atoms with Gasteiger partial charge in [-0.3, -0.25) is 0 Å². The first-order chi connectivity index (χ1) is 8.88. The molecular formula is C12H9BrClNO3S. The Kier molecular flexibility index (Phi) is 4.13. The molecule has 0 atom stereocenters. The molecule has 0 bridgehead atoms. The Morgan fingerprint density at radius 3 is 2.74 bits per heavy atom. The average molecular weight is 363 g/mol. The van der Waals surface area contributed by atoms with E-state index in [0.717, 1.165) is 10.0 Å². The molecule has 7 heteroatoms. The van der Waals surface area contributed by atoms with Crippen LogP contribution in [0, 0.1) is 6.92 Å². The third kappa shape index (κ3) is 3.46. The van der Waals surface area contributed by atoms with Gasteiger partial charge in [-0.05, 0) is 36.8 Å². The number of nitrogens with zero attached hydrogens (tertiary/aromatic N) is 1. The Balaban J connectivity index is 2.47. The summed E-state index contributed by atoms with van der Waals surface area (Å²) in [5.41, 5.74) is 0.853. The van der Waals surface area contributed by atoms with Crippen molar-refractivity contribution in [3.8, 4) is 11.6 Å². The van der Waals surface area contributed by atoms with Gasteiger partial charge in [0, 0.05) is 21.4 Å². The molecule has 4 nitrogen and oxygen atoms in total. The second kappa shape index (κ2) is 5.48. The van der Waals surface area contributed by atoms with E-state index in [1.165, 1.54) is 18.3 Å². The second-order valence-electron chi connectivity index (χ2n) is 3.76. The first-order valence-corrected chi connectivity index (χ1v) is 8.32. The lowest BCUT2D eigenvalue weighted by Gasteiger charge is -2.10. The Morgan fingerprint density at radius 1 is 1.32 bits per heavy atom. The lowest BCUT2D eigenvalue weighted by Crippen LogP contribution is -1.98. The molecule has 1 aromatic carbocycles. The minimum atomic E-state index is -3.90. The number of aromatic nitrogens is 1. The van der Waals surface area contributed by atoms with Crippen LogP contribution in [0.15, 0.2) is 45.9 Å². The zero-order valence-electron chi connectivity index (χ0n) is 9.80. The van der Waals surface area contributed by atoms with Gasteiger partial charge >= 0.3 is 0 Å². The molecule has 0 saturated heterocycles. The minimum Gasteiger partial charge on any atom is -0.437 e. The van der Waals surface area contributed by atoms with Gasteiger partial charge in [-0.1, -0.05) is 22.0 Å². The van der Waals surface area contributed by atoms with Crippen molar-refractivity contribution in [3.63, 3.8) is 0 Å². The van der Waals surface area contributed by atoms with Crippen molar-refractivity contribution in [1.82, 2.24) is 4.98 Å². The number of hydrogen-bond acceptors (Lipinski definition) is 4. The molecule has 19 heavy (non-hydrogen) atoms. The predicted molar refractivity (Wildman–Crippen MR) is 76.2 cm³/mol. The van der Waals surface area contributed by atoms with E-state index in [9.17, 15) is 8.42 Å². The van der Waals surface area contributed by atoms with Gasteiger partial charge in [-0.15, -0.1) is 0 Å². The van der Waals surface area contributed by atoms with Gasteiger partial charge in [-0.2, -0.15) is 0 Å². The SMILES string of the molecule is Cc1ccc(Br)cc1Oc1ncccc1S(=O)(=O)Cl. The number of hydrogen-bond donors (Lipinski definition) is 0. The lowest BCUT2D eigenvalue weighted by molar-refractivity contribution is 0.444. The molecule has 1 heterocycles. The van der Waals surface area contributed by atoms with Crippen molar-refractivity contribution in [2.24, 2.45) is 0 Å². The van der Waals surface area contributed by atoms with Gasteiger partial charge in [0.2, 0.25) is 5.88 Å². The van der Waals surface area contributed by atoms with E-state index in [-0.39, 0.29) is 10.8 Å². The van der Waals surface area contributed by atoms with E-state index in [1.54, 1.807) is 6.07 Å². The van der Waals surface area contributed by atoms with Crippen LogP contribution in [-0.2, 0) is 9.05 Å². The molecule has 0 aliphatic heterocycles. The van der Waals surface area contributed by atoms with Crippen LogP contribution >= 0.6 is 26.6 Å². The normalized spacial score (nSPS) is 11.3. The molecule has 0 aliphatic carbocycles. The number of pyridine rings is 1. The number of halogens is 2. The smallest absolute Gasteiger partial charge is 0.266 e. The highest BCUT2D eigenvalue weighted by atomic mass is 79.9. The molecule has 2 aromatic rings. The standard InChI is InChI=1S/C12H9BrClNO3S/c1-8-4-5-9(13)7-10(8)18-12-11(19(14,16)17)3-2-6-15-12/h2-7H,1H3. The molecule has 0 unspecified atom stereocenters. The van der Waals surface area contributed by atoms with E-state index in [2.05, 4.69) is 20.9 Å². The third-order valence-corrected chi connectivity index (χ3v) is 4.18. The topological polar surface area (TPSA) is 56.3 Å². The van der Waals surface area contributed by atoms with Crippen LogP contribution in [0.4, 0.5) is 0 Å². The summed E-state index contributed by atoms with van der Waals surface area (Å²) < 4.78 is 29.2. The molecule has 0 radical (unpaired) electrons. The Hall–Kier alpha value is -1.11. The average Bonchev–Trinajstić information content (AvgIpc) is 2.33. The summed E-state index contributed by atoms with van der Waals surface area (Å²) in [6.45, 7) is 1.85. The molecule has 0 amide bonds. The summed E-state index contributed by atoms with van der Waals surface area (Å²) in [4.78, 5) is 3.75. The Morgan fingerprint density at radius 2 is 2.05 bits per heavy atom. The molecular weight excluding hydrogens is 354 g/mol. The first kappa shape index (κ1) is 14.3. The predicted octanol–water partition coefficient (Wildman–Crippen LogP) is 3.87. The van der Waals surface area contributed by atoms with Crippen molar-refractivity contribution >= 4 is 35.7 Å². The van der Waals surface area contributed by atoms with Gasteiger partial charge in [0.05, 0.1) is 0 Å². The number of rotatable bonds is 3. The monoisotopic (exact) mass is 361 g/mol. The largest absolute Gasteiger partial charge is 0.437 e. The number of ether oxygens (including phenoxy) is 1. The summed E-state index contributed by atoms with van der Waals surface area (Å²) in [6, 6.07) is 8.26. The number of benzene rings is 1. The van der Waals surface area contributed by atoms with Crippen LogP contribution < -0.4 is 4.74 Å². The maximum absolute atomic E-state index is 11.4. The maximum Gasteiger partial charge on any atom is 0.266 e. The molecule has 0 spiro atoms. The van der Waals surface area contributed by atoms with Crippen molar-refractivity contribution in [2.75, 3.05) is 0 Å². The van der Waals surface area contributed by atoms with Crippen LogP contribution in [0.25, 0.3) is 0 Å². The summed E-state index contributed by atoms with van der Waals surface area (Å²) >= 11 is 3.32. The Bertz CT molecular complexity index is 719. The fourth-order valence-electron chi connectivity index (χ4n) is 1.43. The zero-order valence-corrected chi connectivity index (χ0v) is 13.0. The number of aryl methyl sites for hydroxylation is 1. The van der Waals surface area contributed by atoms with Gasteiger partial charge in [-0.25, -0.2) is 13.4 Å². The summed E-state index contributed by atoms with van der Waals surface area (Å²) in [5.74, 6) is 0.466. The van der Waals surface area contributed by atoms with E-state index in [4.69, 9.17) is 15.4 Å². The second-order valence-corrected chi connectivity index (χ2v) is 7.21. The Labute approximate surface area is 123 Å². The van der Waals surface area contributed by atoms with E-state index >= 15 is 0 Å². The van der Waals surface area contributed by atoms with Crippen molar-refractivity contribution < 1.29 is 13.2 Å². The molecule has 100 valence electrons. The van der Waals surface area contributed by atoms with E-state index < -0.39 is 9.05 Å². The van der Waals surface area contributed by atoms with Gasteiger partial charge in [0.15, 0.2) is 0 Å². The molecule has 1 aromatic heterocycles. The summed E-state index contributed by atoms with van der Waals surface area (Å²) in [7, 11) is 1.44. The zero-order chi connectivity index (χ0) is 14.0. The van der Waals surface area contributed by atoms with Crippen LogP contribution in [0.3, 0.4) is 0 Å². The van der Waals surface area contributed by atoms with Crippen LogP contribution in [-0.4, -0.2) is 13.4 Å². The summed E-state index contributed by atoms with van der Waals surface area (Å²) in [5, 5.41) is 0. The van der Waals surface area contributed by atoms with E-state index in [1.807, 2.05) is 19.1 Å². The molecule has 0 fully saturated rings. The minimum absolute atomic E-state index is 0.0429. The quantitative estimate of drug-likeness (QED) is 0.778. The first-order valence-electron chi connectivity index (χ1n) is 5.21. The highest BCUT2D eigenvalue weighted by molar-refractivity contribution is 9.10. The van der Waals surface area contributed by atoms with Gasteiger partial charge in [0.1, 0.15) is 10.6 Å². The third-order valence-electron chi connectivity index (χ3n) is 2.36. The highest BCUT2D eigenvalue weighted by Gasteiger charge is 2.18.